The van der Waals surface area contributed by atoms with Gasteiger partial charge in [-0.3, -0.25) is 4.79 Å². The quantitative estimate of drug-likeness (QED) is 0.0646. The largest absolute Gasteiger partial charge is 0.508 e. The molecule has 0 spiro atoms. The molecule has 0 radical (unpaired) electrons. The lowest BCUT2D eigenvalue weighted by Gasteiger charge is -2.22. The fourth-order valence-corrected chi connectivity index (χ4v) is 6.11. The number of carbonyl (C=O) groups excluding carboxylic acids is 1. The van der Waals surface area contributed by atoms with Gasteiger partial charge in [-0.2, -0.15) is 11.5 Å². The van der Waals surface area contributed by atoms with Gasteiger partial charge >= 0.3 is 5.97 Å². The first-order chi connectivity index (χ1) is 18.9. The SMILES string of the molecule is [C-]#[N+]NC(=NC[C@H](NC(=O)c1c(Cl)cc(CCP(C)(=O)c2cccc(O)c2)cc1Cl)C(=O)O)N(CCO)CCO. The topological polar surface area (TPSA) is 176 Å². The summed E-state index contributed by atoms with van der Waals surface area (Å²) in [5, 5.41) is 40.5. The second kappa shape index (κ2) is 15.5. The van der Waals surface area contributed by atoms with Crippen molar-refractivity contribution in [2.24, 2.45) is 4.99 Å². The van der Waals surface area contributed by atoms with E-state index in [0.717, 1.165) is 0 Å². The molecular formula is C25H30Cl2N5O7P. The minimum absolute atomic E-state index is 0.0119. The number of nitrogens with one attached hydrogen (secondary N) is 2. The van der Waals surface area contributed by atoms with Gasteiger partial charge in [0.25, 0.3) is 11.9 Å². The number of carbonyl (C=O) groups is 2. The van der Waals surface area contributed by atoms with Gasteiger partial charge in [-0.1, -0.05) is 40.8 Å². The van der Waals surface area contributed by atoms with Crippen LogP contribution in [0, 0.1) is 6.57 Å². The summed E-state index contributed by atoms with van der Waals surface area (Å²) in [5.74, 6) is -2.35. The van der Waals surface area contributed by atoms with Crippen molar-refractivity contribution in [3.63, 3.8) is 0 Å². The number of nitrogens with zero attached hydrogens (tertiary/aromatic N) is 3. The zero-order valence-electron chi connectivity index (χ0n) is 21.5. The molecule has 2 aromatic carbocycles. The van der Waals surface area contributed by atoms with Crippen LogP contribution in [0.1, 0.15) is 15.9 Å². The average molecular weight is 614 g/mol. The predicted octanol–water partition coefficient (Wildman–Crippen LogP) is 1.81. The zero-order valence-corrected chi connectivity index (χ0v) is 24.0. The molecule has 0 aliphatic heterocycles. The van der Waals surface area contributed by atoms with Crippen LogP contribution in [0.15, 0.2) is 41.4 Å². The van der Waals surface area contributed by atoms with Crippen molar-refractivity contribution in [3.8, 4) is 5.75 Å². The number of carboxylic acids is 1. The monoisotopic (exact) mass is 613 g/mol. The van der Waals surface area contributed by atoms with Crippen LogP contribution in [0.25, 0.3) is 4.95 Å². The van der Waals surface area contributed by atoms with Gasteiger partial charge in [0.1, 0.15) is 18.9 Å². The number of carboxylic acid groups (broad SMARTS) is 1. The summed E-state index contributed by atoms with van der Waals surface area (Å²) in [4.78, 5) is 33.2. The fourth-order valence-electron chi connectivity index (χ4n) is 3.66. The summed E-state index contributed by atoms with van der Waals surface area (Å²) in [7, 11) is -2.82. The number of rotatable bonds is 13. The molecule has 2 aromatic rings. The van der Waals surface area contributed by atoms with E-state index >= 15 is 0 Å². The van der Waals surface area contributed by atoms with Crippen LogP contribution in [0.4, 0.5) is 0 Å². The van der Waals surface area contributed by atoms with Crippen molar-refractivity contribution in [1.29, 1.82) is 0 Å². The highest BCUT2D eigenvalue weighted by molar-refractivity contribution is 7.70. The summed E-state index contributed by atoms with van der Waals surface area (Å²) >= 11 is 12.7. The lowest BCUT2D eigenvalue weighted by Crippen LogP contribution is -2.46. The number of aliphatic imine (C=N–C) groups is 1. The van der Waals surface area contributed by atoms with E-state index in [2.05, 4.69) is 20.7 Å². The van der Waals surface area contributed by atoms with E-state index in [9.17, 15) is 34.6 Å². The van der Waals surface area contributed by atoms with E-state index in [0.29, 0.717) is 17.3 Å². The summed E-state index contributed by atoms with van der Waals surface area (Å²) in [6, 6.07) is 7.67. The molecule has 1 amide bonds. The lowest BCUT2D eigenvalue weighted by atomic mass is 10.1. The number of halogens is 2. The van der Waals surface area contributed by atoms with Crippen LogP contribution in [0.3, 0.4) is 0 Å². The fraction of sp³-hybridized carbons (Fsp3) is 0.360. The molecule has 0 saturated heterocycles. The second-order valence-corrected chi connectivity index (χ2v) is 12.7. The van der Waals surface area contributed by atoms with Gasteiger partial charge in [0.2, 0.25) is 0 Å². The number of aryl methyl sites for hydroxylation is 1. The van der Waals surface area contributed by atoms with Gasteiger partial charge in [0, 0.05) is 24.6 Å². The molecule has 40 heavy (non-hydrogen) atoms. The molecule has 0 bridgehead atoms. The third-order valence-electron chi connectivity index (χ3n) is 5.75. The summed E-state index contributed by atoms with van der Waals surface area (Å²) < 4.78 is 13.2. The first kappa shape index (κ1) is 32.9. The van der Waals surface area contributed by atoms with Gasteiger partial charge in [0.05, 0.1) is 35.4 Å². The number of phenolic OH excluding ortho intramolecular Hbond substituents is 1. The molecule has 15 heteroatoms. The second-order valence-electron chi connectivity index (χ2n) is 8.72. The minimum atomic E-state index is -2.82. The Hall–Kier alpha value is -3.33. The molecule has 12 nitrogen and oxygen atoms in total. The number of hydrogen-bond acceptors (Lipinski definition) is 7. The number of aliphatic hydroxyl groups is 2. The predicted molar refractivity (Wildman–Crippen MR) is 153 cm³/mol. The third-order valence-corrected chi connectivity index (χ3v) is 8.80. The average Bonchev–Trinajstić information content (AvgIpc) is 2.88. The van der Waals surface area contributed by atoms with Crippen molar-refractivity contribution in [2.45, 2.75) is 12.5 Å². The van der Waals surface area contributed by atoms with E-state index in [1.165, 1.54) is 29.2 Å². The molecule has 216 valence electrons. The summed E-state index contributed by atoms with van der Waals surface area (Å²) in [5.41, 5.74) is 2.71. The smallest absolute Gasteiger partial charge is 0.328 e. The summed E-state index contributed by atoms with van der Waals surface area (Å²) in [6.07, 6.45) is 0.560. The molecule has 2 rings (SSSR count). The van der Waals surface area contributed by atoms with E-state index < -0.39 is 31.6 Å². The maximum Gasteiger partial charge on any atom is 0.328 e. The molecule has 0 aliphatic rings. The molecule has 0 saturated carbocycles. The Morgan fingerprint density at radius 2 is 1.77 bits per heavy atom. The van der Waals surface area contributed by atoms with Crippen LogP contribution in [-0.2, 0) is 15.8 Å². The van der Waals surface area contributed by atoms with Crippen molar-refractivity contribution in [1.82, 2.24) is 15.6 Å². The molecular weight excluding hydrogens is 584 g/mol. The van der Waals surface area contributed by atoms with Gasteiger partial charge in [-0.15, -0.1) is 0 Å². The number of aliphatic hydroxyl groups excluding tert-OH is 2. The van der Waals surface area contributed by atoms with Gasteiger partial charge in [-0.05, 0) is 42.9 Å². The van der Waals surface area contributed by atoms with E-state index in [4.69, 9.17) is 29.8 Å². The highest BCUT2D eigenvalue weighted by Crippen LogP contribution is 2.41. The summed E-state index contributed by atoms with van der Waals surface area (Å²) in [6.45, 7) is 7.55. The maximum atomic E-state index is 13.2. The molecule has 0 aliphatic carbocycles. The Morgan fingerprint density at radius 3 is 2.30 bits per heavy atom. The highest BCUT2D eigenvalue weighted by Gasteiger charge is 2.25. The zero-order chi connectivity index (χ0) is 29.9. The standard InChI is InChI=1S/C25H30Cl2N5O7P/c1-28-31-25(32(7-9-33)8-10-34)29-15-21(24(37)38)30-23(36)22-19(26)12-16(13-20(22)27)6-11-40(2,39)18-5-3-4-17(35)14-18/h3-5,12-14,21,33-35H,6-11,15H2,2H3,(H,29,31)(H,30,36)(H,37,38)/t21-,40?/m0/s1. The Balaban J connectivity index is 2.19. The van der Waals surface area contributed by atoms with Crippen LogP contribution in [0.5, 0.6) is 5.75 Å². The number of benzene rings is 2. The van der Waals surface area contributed by atoms with Crippen molar-refractivity contribution in [2.75, 3.05) is 45.7 Å². The molecule has 2 atom stereocenters. The number of amides is 1. The molecule has 0 aromatic heterocycles. The Kier molecular flexibility index (Phi) is 12.7. The van der Waals surface area contributed by atoms with Gasteiger partial charge in [0.15, 0.2) is 0 Å². The molecule has 0 fully saturated rings. The number of guanidine groups is 1. The van der Waals surface area contributed by atoms with Crippen molar-refractivity contribution >= 4 is 53.5 Å². The van der Waals surface area contributed by atoms with Gasteiger partial charge in [-0.25, -0.2) is 9.79 Å². The first-order valence-electron chi connectivity index (χ1n) is 11.9. The normalized spacial score (nSPS) is 13.6. The first-order valence-corrected chi connectivity index (χ1v) is 15.0. The third kappa shape index (κ3) is 9.40. The Labute approximate surface area is 241 Å². The Morgan fingerprint density at radius 1 is 1.15 bits per heavy atom. The highest BCUT2D eigenvalue weighted by atomic mass is 35.5. The van der Waals surface area contributed by atoms with E-state index in [1.54, 1.807) is 18.8 Å². The maximum absolute atomic E-state index is 13.2. The molecule has 0 heterocycles. The van der Waals surface area contributed by atoms with Crippen LogP contribution in [-0.4, -0.2) is 94.9 Å². The number of aliphatic carboxylic acids is 1. The number of hydrogen-bond donors (Lipinski definition) is 6. The van der Waals surface area contributed by atoms with E-state index in [1.807, 2.05) is 0 Å². The molecule has 1 unspecified atom stereocenters. The van der Waals surface area contributed by atoms with Crippen molar-refractivity contribution in [3.05, 3.63) is 69.1 Å². The van der Waals surface area contributed by atoms with Crippen LogP contribution in [0.2, 0.25) is 10.0 Å². The molecule has 6 N–H and O–H groups in total. The number of aromatic hydroxyl groups is 1. The number of phenols is 1. The van der Waals surface area contributed by atoms with Crippen molar-refractivity contribution < 1.29 is 34.6 Å². The van der Waals surface area contributed by atoms with Gasteiger partial charge < -0.3 is 35.2 Å². The Bertz CT molecular complexity index is 1310. The lowest BCUT2D eigenvalue weighted by molar-refractivity contribution is -0.138. The van der Waals surface area contributed by atoms with Crippen LogP contribution >= 0.6 is 30.3 Å². The minimum Gasteiger partial charge on any atom is -0.508 e. The van der Waals surface area contributed by atoms with E-state index in [-0.39, 0.29) is 59.8 Å². The van der Waals surface area contributed by atoms with Crippen LogP contribution < -0.4 is 16.0 Å².